The van der Waals surface area contributed by atoms with Crippen LogP contribution < -0.4 is 5.32 Å². The lowest BCUT2D eigenvalue weighted by Crippen LogP contribution is -2.49. The van der Waals surface area contributed by atoms with Gasteiger partial charge in [-0.1, -0.05) is 6.32 Å². The Morgan fingerprint density at radius 1 is 1.67 bits per heavy atom. The van der Waals surface area contributed by atoms with E-state index in [1.807, 2.05) is 5.97 Å². The third kappa shape index (κ3) is 1.75. The smallest absolute Gasteiger partial charge is 0.273 e. The summed E-state index contributed by atoms with van der Waals surface area (Å²) in [6.45, 7) is -0.468. The van der Waals surface area contributed by atoms with Gasteiger partial charge in [0.05, 0.1) is 6.04 Å². The molecule has 1 N–H and O–H groups in total. The largest absolute Gasteiger partial charge is 0.312 e. The van der Waals surface area contributed by atoms with Gasteiger partial charge in [-0.2, -0.15) is 0 Å². The lowest BCUT2D eigenvalue weighted by molar-refractivity contribution is -0.0220. The summed E-state index contributed by atoms with van der Waals surface area (Å²) >= 11 is 0. The Morgan fingerprint density at radius 3 is 2.75 bits per heavy atom. The van der Waals surface area contributed by atoms with Crippen LogP contribution in [0.5, 0.6) is 0 Å². The molecule has 1 heterocycles. The van der Waals surface area contributed by atoms with Gasteiger partial charge < -0.3 is 5.32 Å². The zero-order chi connectivity index (χ0) is 9.19. The molecule has 1 rings (SSSR count). The van der Waals surface area contributed by atoms with Gasteiger partial charge in [-0.15, -0.1) is 0 Å². The molecular formula is C7H11BF2N2. The quantitative estimate of drug-likeness (QED) is 0.602. The Morgan fingerprint density at radius 2 is 2.33 bits per heavy atom. The number of rotatable bonds is 1. The fourth-order valence-corrected chi connectivity index (χ4v) is 1.62. The fourth-order valence-electron chi connectivity index (χ4n) is 1.62. The minimum atomic E-state index is -2.71. The summed E-state index contributed by atoms with van der Waals surface area (Å²) in [4.78, 5) is 0. The molecule has 0 amide bonds. The van der Waals surface area contributed by atoms with Crippen molar-refractivity contribution in [2.24, 2.45) is 0 Å². The predicted octanol–water partition coefficient (Wildman–Crippen LogP) is 1.17. The maximum Gasteiger partial charge on any atom is 0.273 e. The Bertz CT molecular complexity index is 202. The van der Waals surface area contributed by atoms with Crippen molar-refractivity contribution in [2.75, 3.05) is 7.05 Å². The number of alkyl halides is 2. The first kappa shape index (κ1) is 9.46. The Balaban J connectivity index is 2.62. The standard InChI is InChI=1S/C7H11BF2N2/c1-12-6-2-3-8(5-11)4-7(6,9)10/h6,12H,2-4H2,1H3. The van der Waals surface area contributed by atoms with Gasteiger partial charge in [0.1, 0.15) is 0 Å². The van der Waals surface area contributed by atoms with E-state index in [1.54, 1.807) is 0 Å². The van der Waals surface area contributed by atoms with Crippen LogP contribution in [0, 0.1) is 11.2 Å². The number of nitrogens with one attached hydrogen (secondary N) is 1. The molecule has 0 saturated carbocycles. The second-order valence-corrected chi connectivity index (χ2v) is 3.21. The van der Waals surface area contributed by atoms with E-state index in [1.165, 1.54) is 7.05 Å². The first-order valence-electron chi connectivity index (χ1n) is 4.05. The molecule has 5 heteroatoms. The van der Waals surface area contributed by atoms with Crippen LogP contribution >= 0.6 is 0 Å². The van der Waals surface area contributed by atoms with Gasteiger partial charge in [0.2, 0.25) is 0 Å². The molecule has 66 valence electrons. The molecular weight excluding hydrogens is 161 g/mol. The number of nitriles is 1. The van der Waals surface area contributed by atoms with Gasteiger partial charge in [0.15, 0.2) is 0 Å². The molecule has 1 unspecified atom stereocenters. The summed E-state index contributed by atoms with van der Waals surface area (Å²) in [5.41, 5.74) is 0. The molecule has 1 atom stereocenters. The first-order valence-corrected chi connectivity index (χ1v) is 4.05. The van der Waals surface area contributed by atoms with Gasteiger partial charge in [-0.3, -0.25) is 0 Å². The molecule has 1 saturated heterocycles. The lowest BCUT2D eigenvalue weighted by atomic mass is 9.41. The van der Waals surface area contributed by atoms with Crippen LogP contribution in [0.15, 0.2) is 0 Å². The van der Waals surface area contributed by atoms with Crippen LogP contribution in [0.4, 0.5) is 8.78 Å². The van der Waals surface area contributed by atoms with Crippen LogP contribution in [0.2, 0.25) is 12.6 Å². The van der Waals surface area contributed by atoms with Crippen molar-refractivity contribution >= 4 is 6.71 Å². The first-order chi connectivity index (χ1) is 5.60. The normalized spacial score (nSPS) is 28.2. The minimum Gasteiger partial charge on any atom is -0.312 e. The van der Waals surface area contributed by atoms with Gasteiger partial charge in [0, 0.05) is 12.3 Å². The second-order valence-electron chi connectivity index (χ2n) is 3.21. The second kappa shape index (κ2) is 3.40. The molecule has 0 aliphatic carbocycles. The highest BCUT2D eigenvalue weighted by Crippen LogP contribution is 2.33. The Kier molecular flexibility index (Phi) is 2.68. The summed E-state index contributed by atoms with van der Waals surface area (Å²) < 4.78 is 26.2. The summed E-state index contributed by atoms with van der Waals surface area (Å²) in [6, 6.07) is -0.748. The molecule has 1 aliphatic rings. The van der Waals surface area contributed by atoms with E-state index in [-0.39, 0.29) is 6.32 Å². The summed E-state index contributed by atoms with van der Waals surface area (Å²) in [7, 11) is 1.53. The van der Waals surface area contributed by atoms with E-state index in [4.69, 9.17) is 5.26 Å². The molecule has 0 aromatic rings. The van der Waals surface area contributed by atoms with Crippen molar-refractivity contribution in [2.45, 2.75) is 31.0 Å². The highest BCUT2D eigenvalue weighted by Gasteiger charge is 2.45. The van der Waals surface area contributed by atoms with E-state index in [2.05, 4.69) is 5.32 Å². The SMILES string of the molecule is CNC1CCB(C#N)CC1(F)F. The molecule has 0 spiro atoms. The fraction of sp³-hybridized carbons (Fsp3) is 0.857. The lowest BCUT2D eigenvalue weighted by Gasteiger charge is -2.31. The molecule has 12 heavy (non-hydrogen) atoms. The zero-order valence-corrected chi connectivity index (χ0v) is 6.98. The maximum absolute atomic E-state index is 13.1. The average Bonchev–Trinajstić information content (AvgIpc) is 2.02. The minimum absolute atomic E-state index is 0.297. The maximum atomic E-state index is 13.1. The van der Waals surface area contributed by atoms with Gasteiger partial charge in [-0.05, 0) is 13.5 Å². The van der Waals surface area contributed by atoms with Crippen LogP contribution in [0.25, 0.3) is 0 Å². The summed E-state index contributed by atoms with van der Waals surface area (Å²) in [5.74, 6) is -0.818. The van der Waals surface area contributed by atoms with Crippen molar-refractivity contribution in [1.82, 2.24) is 5.32 Å². The van der Waals surface area contributed by atoms with Crippen LogP contribution in [0.1, 0.15) is 6.42 Å². The number of hydrogen-bond acceptors (Lipinski definition) is 2. The van der Waals surface area contributed by atoms with E-state index >= 15 is 0 Å². The van der Waals surface area contributed by atoms with Crippen molar-refractivity contribution in [3.63, 3.8) is 0 Å². The summed E-state index contributed by atoms with van der Waals surface area (Å²) in [5, 5.41) is 11.1. The van der Waals surface area contributed by atoms with E-state index in [9.17, 15) is 8.78 Å². The molecule has 0 bridgehead atoms. The monoisotopic (exact) mass is 172 g/mol. The van der Waals surface area contributed by atoms with Crippen LogP contribution in [-0.2, 0) is 0 Å². The third-order valence-corrected chi connectivity index (χ3v) is 2.36. The summed E-state index contributed by atoms with van der Waals surface area (Å²) in [6.07, 6.45) is 0.675. The van der Waals surface area contributed by atoms with Crippen LogP contribution in [0.3, 0.4) is 0 Å². The number of nitrogens with zero attached hydrogens (tertiary/aromatic N) is 1. The molecule has 0 radical (unpaired) electrons. The predicted molar refractivity (Wildman–Crippen MR) is 43.4 cm³/mol. The highest BCUT2D eigenvalue weighted by molar-refractivity contribution is 6.67. The van der Waals surface area contributed by atoms with Crippen molar-refractivity contribution in [3.05, 3.63) is 0 Å². The van der Waals surface area contributed by atoms with E-state index in [0.717, 1.165) is 0 Å². The van der Waals surface area contributed by atoms with Gasteiger partial charge in [-0.25, -0.2) is 14.0 Å². The molecule has 0 aromatic carbocycles. The van der Waals surface area contributed by atoms with Crippen molar-refractivity contribution < 1.29 is 8.78 Å². The zero-order valence-electron chi connectivity index (χ0n) is 6.98. The molecule has 0 aromatic heterocycles. The molecule has 2 nitrogen and oxygen atoms in total. The van der Waals surface area contributed by atoms with E-state index in [0.29, 0.717) is 12.7 Å². The Labute approximate surface area is 71.0 Å². The average molecular weight is 172 g/mol. The topological polar surface area (TPSA) is 35.8 Å². The third-order valence-electron chi connectivity index (χ3n) is 2.36. The van der Waals surface area contributed by atoms with Gasteiger partial charge >= 0.3 is 0 Å². The van der Waals surface area contributed by atoms with Crippen molar-refractivity contribution in [3.8, 4) is 5.97 Å². The van der Waals surface area contributed by atoms with Crippen molar-refractivity contribution in [1.29, 1.82) is 5.26 Å². The van der Waals surface area contributed by atoms with Gasteiger partial charge in [0.25, 0.3) is 12.6 Å². The number of halogens is 2. The highest BCUT2D eigenvalue weighted by atomic mass is 19.3. The number of hydrogen-bond donors (Lipinski definition) is 1. The Hall–Kier alpha value is -0.625. The molecule has 1 fully saturated rings. The van der Waals surface area contributed by atoms with E-state index < -0.39 is 18.7 Å². The van der Waals surface area contributed by atoms with Crippen LogP contribution in [-0.4, -0.2) is 25.7 Å². The molecule has 1 aliphatic heterocycles.